The molecule has 1 heterocycles. The second kappa shape index (κ2) is 11.0. The number of nitrogens with one attached hydrogen (secondary N) is 2. The van der Waals surface area contributed by atoms with Crippen molar-refractivity contribution in [3.63, 3.8) is 0 Å². The SMILES string of the molecule is COc1cc(C=NN=C2NC(=O)CS2)ccc1OCC(=O)NCCc1ccccc1. The Morgan fingerprint density at radius 2 is 2.07 bits per heavy atom. The van der Waals surface area contributed by atoms with E-state index < -0.39 is 0 Å². The normalized spacial score (nSPS) is 14.7. The molecule has 3 rings (SSSR count). The first-order chi connectivity index (χ1) is 14.6. The third-order valence-electron chi connectivity index (χ3n) is 4.07. The van der Waals surface area contributed by atoms with Gasteiger partial charge < -0.3 is 20.1 Å². The van der Waals surface area contributed by atoms with Crippen LogP contribution in [0, 0.1) is 0 Å². The number of nitrogens with zero attached hydrogens (tertiary/aromatic N) is 2. The molecule has 0 radical (unpaired) electrons. The van der Waals surface area contributed by atoms with Crippen LogP contribution in [0.3, 0.4) is 0 Å². The van der Waals surface area contributed by atoms with Crippen molar-refractivity contribution in [2.45, 2.75) is 6.42 Å². The second-order valence-corrected chi connectivity index (χ2v) is 7.24. The van der Waals surface area contributed by atoms with E-state index in [1.54, 1.807) is 24.4 Å². The van der Waals surface area contributed by atoms with Gasteiger partial charge in [-0.2, -0.15) is 5.10 Å². The van der Waals surface area contributed by atoms with Crippen molar-refractivity contribution in [3.05, 3.63) is 59.7 Å². The number of hydrogen-bond acceptors (Lipinski definition) is 7. The van der Waals surface area contributed by atoms with E-state index in [0.717, 1.165) is 17.5 Å². The van der Waals surface area contributed by atoms with Crippen LogP contribution >= 0.6 is 11.8 Å². The maximum Gasteiger partial charge on any atom is 0.257 e. The fraction of sp³-hybridized carbons (Fsp3) is 0.238. The van der Waals surface area contributed by atoms with Gasteiger partial charge in [0.15, 0.2) is 23.3 Å². The molecular weight excluding hydrogens is 404 g/mol. The van der Waals surface area contributed by atoms with Crippen molar-refractivity contribution < 1.29 is 19.1 Å². The lowest BCUT2D eigenvalue weighted by atomic mass is 10.1. The average Bonchev–Trinajstić information content (AvgIpc) is 3.18. The summed E-state index contributed by atoms with van der Waals surface area (Å²) in [5.41, 5.74) is 1.90. The first-order valence-corrected chi connectivity index (χ1v) is 10.3. The standard InChI is InChI=1S/C21H22N4O4S/c1-28-18-11-16(12-23-25-21-24-20(27)14-30-21)7-8-17(18)29-13-19(26)22-10-9-15-5-3-2-4-6-15/h2-8,11-12H,9-10,13-14H2,1H3,(H,22,26)(H,24,25,27). The van der Waals surface area contributed by atoms with Crippen LogP contribution in [0.2, 0.25) is 0 Å². The summed E-state index contributed by atoms with van der Waals surface area (Å²) in [6.45, 7) is 0.434. The summed E-state index contributed by atoms with van der Waals surface area (Å²) >= 11 is 1.30. The van der Waals surface area contributed by atoms with Crippen LogP contribution in [0.25, 0.3) is 0 Å². The van der Waals surface area contributed by atoms with Crippen LogP contribution in [0.4, 0.5) is 0 Å². The predicted molar refractivity (Wildman–Crippen MR) is 117 cm³/mol. The second-order valence-electron chi connectivity index (χ2n) is 6.27. The Balaban J connectivity index is 1.48. The summed E-state index contributed by atoms with van der Waals surface area (Å²) in [5.74, 6) is 1.01. The molecule has 2 aromatic rings. The van der Waals surface area contributed by atoms with E-state index in [2.05, 4.69) is 20.8 Å². The summed E-state index contributed by atoms with van der Waals surface area (Å²) in [4.78, 5) is 23.1. The Kier molecular flexibility index (Phi) is 7.85. The third-order valence-corrected chi connectivity index (χ3v) is 4.93. The number of amides is 2. The van der Waals surface area contributed by atoms with Gasteiger partial charge in [-0.25, -0.2) is 0 Å². The van der Waals surface area contributed by atoms with Gasteiger partial charge in [0.1, 0.15) is 0 Å². The molecule has 1 aliphatic heterocycles. The van der Waals surface area contributed by atoms with Crippen molar-refractivity contribution in [2.75, 3.05) is 26.0 Å². The summed E-state index contributed by atoms with van der Waals surface area (Å²) in [6, 6.07) is 15.2. The quantitative estimate of drug-likeness (QED) is 0.472. The minimum atomic E-state index is -0.203. The fourth-order valence-electron chi connectivity index (χ4n) is 2.60. The Bertz CT molecular complexity index is 947. The number of thioether (sulfide) groups is 1. The molecule has 1 aliphatic rings. The lowest BCUT2D eigenvalue weighted by Gasteiger charge is -2.11. The van der Waals surface area contributed by atoms with Crippen molar-refractivity contribution in [3.8, 4) is 11.5 Å². The average molecular weight is 426 g/mol. The molecule has 1 saturated heterocycles. The van der Waals surface area contributed by atoms with E-state index in [1.165, 1.54) is 18.9 Å². The minimum Gasteiger partial charge on any atom is -0.493 e. The Labute approximate surface area is 178 Å². The molecule has 1 fully saturated rings. The molecule has 2 N–H and O–H groups in total. The molecule has 2 aromatic carbocycles. The van der Waals surface area contributed by atoms with E-state index >= 15 is 0 Å². The van der Waals surface area contributed by atoms with Crippen LogP contribution < -0.4 is 20.1 Å². The van der Waals surface area contributed by atoms with E-state index in [0.29, 0.717) is 29.0 Å². The number of methoxy groups -OCH3 is 1. The van der Waals surface area contributed by atoms with Crippen molar-refractivity contribution in [1.29, 1.82) is 0 Å². The van der Waals surface area contributed by atoms with Crippen LogP contribution in [0.15, 0.2) is 58.7 Å². The van der Waals surface area contributed by atoms with Crippen LogP contribution in [-0.2, 0) is 16.0 Å². The van der Waals surface area contributed by atoms with E-state index in [4.69, 9.17) is 9.47 Å². The molecule has 9 heteroatoms. The van der Waals surface area contributed by atoms with Gasteiger partial charge in [-0.1, -0.05) is 42.1 Å². The smallest absolute Gasteiger partial charge is 0.257 e. The largest absolute Gasteiger partial charge is 0.493 e. The van der Waals surface area contributed by atoms with Gasteiger partial charge in [-0.15, -0.1) is 5.10 Å². The molecule has 0 saturated carbocycles. The topological polar surface area (TPSA) is 101 Å². The van der Waals surface area contributed by atoms with Crippen LogP contribution in [-0.4, -0.2) is 49.2 Å². The number of amidine groups is 1. The zero-order chi connectivity index (χ0) is 21.2. The Hall–Kier alpha value is -3.33. The molecule has 0 spiro atoms. The maximum absolute atomic E-state index is 12.0. The van der Waals surface area contributed by atoms with E-state index in [9.17, 15) is 9.59 Å². The highest BCUT2D eigenvalue weighted by Gasteiger charge is 2.16. The molecule has 156 valence electrons. The number of ether oxygens (including phenoxy) is 2. The van der Waals surface area contributed by atoms with Gasteiger partial charge in [-0.05, 0) is 35.7 Å². The number of rotatable bonds is 9. The number of carbonyl (C=O) groups is 2. The first-order valence-electron chi connectivity index (χ1n) is 9.29. The maximum atomic E-state index is 12.0. The van der Waals surface area contributed by atoms with E-state index in [-0.39, 0.29) is 18.4 Å². The molecule has 0 unspecified atom stereocenters. The zero-order valence-electron chi connectivity index (χ0n) is 16.5. The highest BCUT2D eigenvalue weighted by molar-refractivity contribution is 8.15. The van der Waals surface area contributed by atoms with E-state index in [1.807, 2.05) is 30.3 Å². The summed E-state index contributed by atoms with van der Waals surface area (Å²) < 4.78 is 10.9. The van der Waals surface area contributed by atoms with Gasteiger partial charge in [-0.3, -0.25) is 9.59 Å². The van der Waals surface area contributed by atoms with Gasteiger partial charge in [0.05, 0.1) is 19.1 Å². The molecule has 0 aliphatic carbocycles. The number of carbonyl (C=O) groups excluding carboxylic acids is 2. The van der Waals surface area contributed by atoms with Crippen molar-refractivity contribution >= 4 is 35.0 Å². The van der Waals surface area contributed by atoms with Gasteiger partial charge in [0.2, 0.25) is 5.91 Å². The first kappa shape index (κ1) is 21.4. The third kappa shape index (κ3) is 6.63. The zero-order valence-corrected chi connectivity index (χ0v) is 17.3. The van der Waals surface area contributed by atoms with Crippen molar-refractivity contribution in [1.82, 2.24) is 10.6 Å². The summed E-state index contributed by atoms with van der Waals surface area (Å²) in [6.07, 6.45) is 2.30. The summed E-state index contributed by atoms with van der Waals surface area (Å²) in [5, 5.41) is 13.8. The molecule has 0 atom stereocenters. The van der Waals surface area contributed by atoms with Crippen molar-refractivity contribution in [2.24, 2.45) is 10.2 Å². The predicted octanol–water partition coefficient (Wildman–Crippen LogP) is 1.99. The highest BCUT2D eigenvalue weighted by Crippen LogP contribution is 2.27. The molecule has 30 heavy (non-hydrogen) atoms. The number of benzene rings is 2. The lowest BCUT2D eigenvalue weighted by Crippen LogP contribution is -2.30. The fourth-order valence-corrected chi connectivity index (χ4v) is 3.23. The van der Waals surface area contributed by atoms with Gasteiger partial charge in [0.25, 0.3) is 5.91 Å². The molecule has 2 amide bonds. The molecular formula is C21H22N4O4S. The minimum absolute atomic E-state index is 0.0822. The molecule has 8 nitrogen and oxygen atoms in total. The lowest BCUT2D eigenvalue weighted by molar-refractivity contribution is -0.123. The molecule has 0 aromatic heterocycles. The molecule has 0 bridgehead atoms. The van der Waals surface area contributed by atoms with Crippen LogP contribution in [0.5, 0.6) is 11.5 Å². The Morgan fingerprint density at radius 3 is 2.80 bits per heavy atom. The highest BCUT2D eigenvalue weighted by atomic mass is 32.2. The number of hydrogen-bond donors (Lipinski definition) is 2. The van der Waals surface area contributed by atoms with Gasteiger partial charge in [0, 0.05) is 6.54 Å². The van der Waals surface area contributed by atoms with Gasteiger partial charge >= 0.3 is 0 Å². The Morgan fingerprint density at radius 1 is 1.23 bits per heavy atom. The monoisotopic (exact) mass is 426 g/mol. The summed E-state index contributed by atoms with van der Waals surface area (Å²) in [7, 11) is 1.52. The van der Waals surface area contributed by atoms with Crippen LogP contribution in [0.1, 0.15) is 11.1 Å².